The van der Waals surface area contributed by atoms with Gasteiger partial charge in [-0.05, 0) is 42.7 Å². The lowest BCUT2D eigenvalue weighted by molar-refractivity contribution is 0.354. The van der Waals surface area contributed by atoms with Crippen LogP contribution in [-0.4, -0.2) is 37.3 Å². The second kappa shape index (κ2) is 7.70. The summed E-state index contributed by atoms with van der Waals surface area (Å²) >= 11 is 0. The van der Waals surface area contributed by atoms with Gasteiger partial charge >= 0.3 is 0 Å². The largest absolute Gasteiger partial charge is 0.493 e. The van der Waals surface area contributed by atoms with E-state index in [-0.39, 0.29) is 0 Å². The maximum absolute atomic E-state index is 5.40. The van der Waals surface area contributed by atoms with Crippen molar-refractivity contribution in [1.29, 1.82) is 0 Å². The molecule has 2 heterocycles. The summed E-state index contributed by atoms with van der Waals surface area (Å²) in [5.74, 6) is 3.12. The zero-order valence-electron chi connectivity index (χ0n) is 15.7. The fourth-order valence-corrected chi connectivity index (χ4v) is 3.43. The number of para-hydroxylation sites is 1. The lowest BCUT2D eigenvalue weighted by atomic mass is 10.2. The molecule has 1 aliphatic heterocycles. The van der Waals surface area contributed by atoms with E-state index in [1.165, 1.54) is 12.8 Å². The zero-order valence-corrected chi connectivity index (χ0v) is 15.7. The molecule has 4 rings (SSSR count). The Kier molecular flexibility index (Phi) is 4.96. The zero-order chi connectivity index (χ0) is 18.6. The van der Waals surface area contributed by atoms with E-state index in [1.54, 1.807) is 14.2 Å². The van der Waals surface area contributed by atoms with Gasteiger partial charge in [0.15, 0.2) is 11.5 Å². The number of hydrogen-bond donors (Lipinski definition) is 1. The third-order valence-electron chi connectivity index (χ3n) is 4.89. The van der Waals surface area contributed by atoms with Crippen LogP contribution in [-0.2, 0) is 6.54 Å². The summed E-state index contributed by atoms with van der Waals surface area (Å²) < 4.78 is 10.7. The number of hydrogen-bond acceptors (Lipinski definition) is 6. The van der Waals surface area contributed by atoms with E-state index >= 15 is 0 Å². The first kappa shape index (κ1) is 17.4. The maximum Gasteiger partial charge on any atom is 0.227 e. The van der Waals surface area contributed by atoms with Gasteiger partial charge in [-0.1, -0.05) is 18.2 Å². The van der Waals surface area contributed by atoms with Crippen LogP contribution in [0.5, 0.6) is 11.5 Å². The molecular formula is C21H24N4O2. The molecule has 1 N–H and O–H groups in total. The van der Waals surface area contributed by atoms with Crippen LogP contribution in [0.4, 0.5) is 11.8 Å². The van der Waals surface area contributed by atoms with Gasteiger partial charge in [0, 0.05) is 25.0 Å². The number of methoxy groups -OCH3 is 2. The Morgan fingerprint density at radius 3 is 2.52 bits per heavy atom. The highest BCUT2D eigenvalue weighted by Crippen LogP contribution is 2.29. The molecule has 6 heteroatoms. The van der Waals surface area contributed by atoms with Crippen LogP contribution in [0.25, 0.3) is 10.9 Å². The minimum absolute atomic E-state index is 0.640. The van der Waals surface area contributed by atoms with Gasteiger partial charge in [-0.15, -0.1) is 0 Å². The number of fused-ring (bicyclic) bond motifs is 1. The Labute approximate surface area is 159 Å². The smallest absolute Gasteiger partial charge is 0.227 e. The molecule has 1 aromatic heterocycles. The van der Waals surface area contributed by atoms with Crippen LogP contribution >= 0.6 is 0 Å². The van der Waals surface area contributed by atoms with Crippen molar-refractivity contribution in [3.05, 3.63) is 48.0 Å². The van der Waals surface area contributed by atoms with Crippen molar-refractivity contribution in [2.75, 3.05) is 37.5 Å². The predicted octanol–water partition coefficient (Wildman–Crippen LogP) is 3.86. The molecule has 27 heavy (non-hydrogen) atoms. The Bertz CT molecular complexity index is 939. The molecule has 140 valence electrons. The average Bonchev–Trinajstić information content (AvgIpc) is 3.26. The number of nitrogens with zero attached hydrogens (tertiary/aromatic N) is 3. The van der Waals surface area contributed by atoms with Gasteiger partial charge in [-0.25, -0.2) is 4.98 Å². The lowest BCUT2D eigenvalue weighted by Crippen LogP contribution is -2.21. The van der Waals surface area contributed by atoms with E-state index in [0.717, 1.165) is 52.8 Å². The van der Waals surface area contributed by atoms with E-state index in [2.05, 4.69) is 16.3 Å². The predicted molar refractivity (Wildman–Crippen MR) is 108 cm³/mol. The maximum atomic E-state index is 5.40. The third-order valence-corrected chi connectivity index (χ3v) is 4.89. The minimum Gasteiger partial charge on any atom is -0.493 e. The second-order valence-corrected chi connectivity index (χ2v) is 6.63. The Hall–Kier alpha value is -3.02. The Morgan fingerprint density at radius 2 is 1.74 bits per heavy atom. The van der Waals surface area contributed by atoms with Crippen molar-refractivity contribution in [3.63, 3.8) is 0 Å². The van der Waals surface area contributed by atoms with E-state index in [1.807, 2.05) is 36.4 Å². The highest BCUT2D eigenvalue weighted by atomic mass is 16.5. The molecule has 0 aliphatic carbocycles. The number of benzene rings is 2. The molecule has 2 aromatic carbocycles. The van der Waals surface area contributed by atoms with Gasteiger partial charge in [0.2, 0.25) is 5.95 Å². The standard InChI is InChI=1S/C21H24N4O2/c1-26-18-10-9-15(13-19(18)27-2)14-22-20-16-7-3-4-8-17(16)23-21(24-20)25-11-5-6-12-25/h3-4,7-10,13H,5-6,11-12,14H2,1-2H3,(H,22,23,24). The molecule has 6 nitrogen and oxygen atoms in total. The Balaban J connectivity index is 1.63. The summed E-state index contributed by atoms with van der Waals surface area (Å²) in [7, 11) is 3.29. The van der Waals surface area contributed by atoms with E-state index in [0.29, 0.717) is 6.54 Å². The quantitative estimate of drug-likeness (QED) is 0.717. The lowest BCUT2D eigenvalue weighted by Gasteiger charge is -2.18. The molecule has 0 unspecified atom stereocenters. The molecule has 1 aliphatic rings. The molecule has 0 atom stereocenters. The highest BCUT2D eigenvalue weighted by molar-refractivity contribution is 5.90. The summed E-state index contributed by atoms with van der Waals surface area (Å²) in [4.78, 5) is 11.8. The Morgan fingerprint density at radius 1 is 0.963 bits per heavy atom. The monoisotopic (exact) mass is 364 g/mol. The van der Waals surface area contributed by atoms with Gasteiger partial charge in [0.25, 0.3) is 0 Å². The number of ether oxygens (including phenoxy) is 2. The fourth-order valence-electron chi connectivity index (χ4n) is 3.43. The fraction of sp³-hybridized carbons (Fsp3) is 0.333. The summed E-state index contributed by atoms with van der Waals surface area (Å²) in [6.45, 7) is 2.68. The highest BCUT2D eigenvalue weighted by Gasteiger charge is 2.17. The molecule has 0 bridgehead atoms. The molecule has 0 spiro atoms. The van der Waals surface area contributed by atoms with Crippen molar-refractivity contribution in [3.8, 4) is 11.5 Å². The summed E-state index contributed by atoms with van der Waals surface area (Å²) in [5.41, 5.74) is 2.06. The second-order valence-electron chi connectivity index (χ2n) is 6.63. The molecule has 1 saturated heterocycles. The van der Waals surface area contributed by atoms with Crippen LogP contribution in [0.2, 0.25) is 0 Å². The molecule has 1 fully saturated rings. The first-order chi connectivity index (χ1) is 13.3. The van der Waals surface area contributed by atoms with Gasteiger partial charge in [0.1, 0.15) is 5.82 Å². The van der Waals surface area contributed by atoms with Crippen LogP contribution in [0, 0.1) is 0 Å². The van der Waals surface area contributed by atoms with Crippen molar-refractivity contribution >= 4 is 22.7 Å². The summed E-state index contributed by atoms with van der Waals surface area (Å²) in [5, 5.41) is 4.51. The number of nitrogens with one attached hydrogen (secondary N) is 1. The van der Waals surface area contributed by atoms with Crippen LogP contribution in [0.15, 0.2) is 42.5 Å². The van der Waals surface area contributed by atoms with Gasteiger partial charge < -0.3 is 19.7 Å². The molecule has 0 amide bonds. The normalized spacial score (nSPS) is 13.8. The molecule has 3 aromatic rings. The summed E-state index contributed by atoms with van der Waals surface area (Å²) in [6, 6.07) is 14.1. The minimum atomic E-state index is 0.640. The molecule has 0 saturated carbocycles. The van der Waals surface area contributed by atoms with Crippen LogP contribution in [0.3, 0.4) is 0 Å². The third kappa shape index (κ3) is 3.60. The van der Waals surface area contributed by atoms with Crippen molar-refractivity contribution in [1.82, 2.24) is 9.97 Å². The van der Waals surface area contributed by atoms with Crippen molar-refractivity contribution in [2.24, 2.45) is 0 Å². The van der Waals surface area contributed by atoms with Crippen molar-refractivity contribution < 1.29 is 9.47 Å². The van der Waals surface area contributed by atoms with Crippen LogP contribution in [0.1, 0.15) is 18.4 Å². The molecule has 0 radical (unpaired) electrons. The topological polar surface area (TPSA) is 59.5 Å². The first-order valence-corrected chi connectivity index (χ1v) is 9.25. The van der Waals surface area contributed by atoms with Gasteiger partial charge in [-0.2, -0.15) is 4.98 Å². The van der Waals surface area contributed by atoms with E-state index in [4.69, 9.17) is 19.4 Å². The molecular weight excluding hydrogens is 340 g/mol. The van der Waals surface area contributed by atoms with E-state index < -0.39 is 0 Å². The average molecular weight is 364 g/mol. The van der Waals surface area contributed by atoms with Gasteiger partial charge in [0.05, 0.1) is 19.7 Å². The number of rotatable bonds is 6. The van der Waals surface area contributed by atoms with Crippen LogP contribution < -0.4 is 19.7 Å². The SMILES string of the molecule is COc1ccc(CNc2nc(N3CCCC3)nc3ccccc23)cc1OC. The summed E-state index contributed by atoms with van der Waals surface area (Å²) in [6.07, 6.45) is 2.40. The van der Waals surface area contributed by atoms with E-state index in [9.17, 15) is 0 Å². The number of anilines is 2. The number of aromatic nitrogens is 2. The first-order valence-electron chi connectivity index (χ1n) is 9.25. The van der Waals surface area contributed by atoms with Gasteiger partial charge in [-0.3, -0.25) is 0 Å². The van der Waals surface area contributed by atoms with Crippen molar-refractivity contribution in [2.45, 2.75) is 19.4 Å².